The summed E-state index contributed by atoms with van der Waals surface area (Å²) in [5, 5.41) is 2.87. The van der Waals surface area contributed by atoms with Crippen LogP contribution in [0.2, 0.25) is 0 Å². The zero-order chi connectivity index (χ0) is 16.7. The molecule has 0 heterocycles. The van der Waals surface area contributed by atoms with Crippen LogP contribution in [0.3, 0.4) is 0 Å². The predicted molar refractivity (Wildman–Crippen MR) is 90.7 cm³/mol. The molecule has 0 radical (unpaired) electrons. The molecule has 2 aromatic carbocycles. The van der Waals surface area contributed by atoms with Gasteiger partial charge < -0.3 is 10.1 Å². The van der Waals surface area contributed by atoms with Gasteiger partial charge in [0.15, 0.2) is 0 Å². The molecule has 4 nitrogen and oxygen atoms in total. The van der Waals surface area contributed by atoms with Crippen molar-refractivity contribution in [3.8, 4) is 0 Å². The molecule has 2 aromatic rings. The lowest BCUT2D eigenvalue weighted by molar-refractivity contribution is 0.0526. The predicted octanol–water partition coefficient (Wildman–Crippen LogP) is 3.84. The third-order valence-corrected chi connectivity index (χ3v) is 3.26. The number of allylic oxidation sites excluding steroid dienone is 1. The van der Waals surface area contributed by atoms with Crippen molar-refractivity contribution in [2.75, 3.05) is 11.9 Å². The van der Waals surface area contributed by atoms with E-state index in [1.54, 1.807) is 43.3 Å². The molecule has 0 atom stereocenters. The van der Waals surface area contributed by atoms with Gasteiger partial charge in [0, 0.05) is 11.3 Å². The number of benzene rings is 2. The standard InChI is InChI=1S/C19H19NO3/c1-3-8-15-13-16(19(22)23-4-2)11-12-17(15)20-18(21)14-9-6-5-7-10-14/h3,5-7,9-13H,1,4,8H2,2H3,(H,20,21). The van der Waals surface area contributed by atoms with E-state index in [4.69, 9.17) is 4.74 Å². The molecule has 118 valence electrons. The third kappa shape index (κ3) is 4.30. The van der Waals surface area contributed by atoms with Crippen LogP contribution in [0.5, 0.6) is 0 Å². The zero-order valence-electron chi connectivity index (χ0n) is 13.0. The molecule has 0 aromatic heterocycles. The normalized spacial score (nSPS) is 9.96. The SMILES string of the molecule is C=CCc1cc(C(=O)OCC)ccc1NC(=O)c1ccccc1. The second-order valence-electron chi connectivity index (χ2n) is 4.91. The summed E-state index contributed by atoms with van der Waals surface area (Å²) < 4.78 is 5.00. The molecule has 0 aliphatic heterocycles. The quantitative estimate of drug-likeness (QED) is 0.651. The summed E-state index contributed by atoms with van der Waals surface area (Å²) in [5.74, 6) is -0.571. The minimum absolute atomic E-state index is 0.195. The van der Waals surface area contributed by atoms with Gasteiger partial charge in [-0.3, -0.25) is 4.79 Å². The van der Waals surface area contributed by atoms with Crippen molar-refractivity contribution in [2.45, 2.75) is 13.3 Å². The van der Waals surface area contributed by atoms with E-state index in [9.17, 15) is 9.59 Å². The van der Waals surface area contributed by atoms with Gasteiger partial charge in [-0.15, -0.1) is 6.58 Å². The lowest BCUT2D eigenvalue weighted by Crippen LogP contribution is -2.14. The van der Waals surface area contributed by atoms with E-state index in [2.05, 4.69) is 11.9 Å². The maximum atomic E-state index is 12.3. The van der Waals surface area contributed by atoms with Crippen molar-refractivity contribution in [3.63, 3.8) is 0 Å². The molecule has 23 heavy (non-hydrogen) atoms. The van der Waals surface area contributed by atoms with Crippen molar-refractivity contribution >= 4 is 17.6 Å². The number of carbonyl (C=O) groups excluding carboxylic acids is 2. The highest BCUT2D eigenvalue weighted by molar-refractivity contribution is 6.05. The van der Waals surface area contributed by atoms with Crippen molar-refractivity contribution < 1.29 is 14.3 Å². The van der Waals surface area contributed by atoms with Crippen LogP contribution in [0.25, 0.3) is 0 Å². The summed E-state index contributed by atoms with van der Waals surface area (Å²) in [6.07, 6.45) is 2.26. The lowest BCUT2D eigenvalue weighted by Gasteiger charge is -2.12. The van der Waals surface area contributed by atoms with Gasteiger partial charge in [-0.25, -0.2) is 4.79 Å². The Balaban J connectivity index is 2.25. The van der Waals surface area contributed by atoms with Crippen molar-refractivity contribution in [3.05, 3.63) is 77.9 Å². The van der Waals surface area contributed by atoms with E-state index in [1.807, 2.05) is 18.2 Å². The Morgan fingerprint density at radius 1 is 1.13 bits per heavy atom. The molecule has 0 saturated heterocycles. The second kappa shape index (κ2) is 7.94. The third-order valence-electron chi connectivity index (χ3n) is 3.26. The molecule has 0 fully saturated rings. The molecule has 4 heteroatoms. The molecule has 0 spiro atoms. The summed E-state index contributed by atoms with van der Waals surface area (Å²) in [6, 6.07) is 14.0. The van der Waals surface area contributed by atoms with Gasteiger partial charge in [0.05, 0.1) is 12.2 Å². The fourth-order valence-electron chi connectivity index (χ4n) is 2.17. The Labute approximate surface area is 135 Å². The number of anilines is 1. The van der Waals surface area contributed by atoms with E-state index in [0.717, 1.165) is 5.56 Å². The Morgan fingerprint density at radius 2 is 1.87 bits per heavy atom. The molecule has 0 aliphatic rings. The molecule has 0 aliphatic carbocycles. The number of nitrogens with one attached hydrogen (secondary N) is 1. The number of esters is 1. The molecular formula is C19H19NO3. The maximum absolute atomic E-state index is 12.3. The summed E-state index contributed by atoms with van der Waals surface area (Å²) in [4.78, 5) is 24.1. The van der Waals surface area contributed by atoms with E-state index >= 15 is 0 Å². The highest BCUT2D eigenvalue weighted by Crippen LogP contribution is 2.20. The Kier molecular flexibility index (Phi) is 5.69. The van der Waals surface area contributed by atoms with Gasteiger partial charge in [-0.1, -0.05) is 24.3 Å². The fraction of sp³-hybridized carbons (Fsp3) is 0.158. The van der Waals surface area contributed by atoms with Crippen molar-refractivity contribution in [1.82, 2.24) is 0 Å². The first-order valence-corrected chi connectivity index (χ1v) is 7.43. The average Bonchev–Trinajstić information content (AvgIpc) is 2.57. The number of carbonyl (C=O) groups is 2. The number of rotatable bonds is 6. The molecular weight excluding hydrogens is 290 g/mol. The Hall–Kier alpha value is -2.88. The largest absolute Gasteiger partial charge is 0.462 e. The molecule has 0 unspecified atom stereocenters. The molecule has 0 bridgehead atoms. The first-order chi connectivity index (χ1) is 11.2. The molecule has 0 saturated carbocycles. The van der Waals surface area contributed by atoms with Gasteiger partial charge in [0.1, 0.15) is 0 Å². The van der Waals surface area contributed by atoms with E-state index in [1.165, 1.54) is 0 Å². The Bertz CT molecular complexity index is 708. The number of ether oxygens (including phenoxy) is 1. The zero-order valence-corrected chi connectivity index (χ0v) is 13.0. The van der Waals surface area contributed by atoms with Crippen LogP contribution >= 0.6 is 0 Å². The van der Waals surface area contributed by atoms with Crippen LogP contribution in [0.1, 0.15) is 33.2 Å². The van der Waals surface area contributed by atoms with Gasteiger partial charge in [-0.05, 0) is 49.2 Å². The van der Waals surface area contributed by atoms with Crippen LogP contribution in [0.15, 0.2) is 61.2 Å². The molecule has 1 amide bonds. The maximum Gasteiger partial charge on any atom is 0.338 e. The highest BCUT2D eigenvalue weighted by atomic mass is 16.5. The van der Waals surface area contributed by atoms with Crippen molar-refractivity contribution in [1.29, 1.82) is 0 Å². The van der Waals surface area contributed by atoms with E-state index in [0.29, 0.717) is 29.8 Å². The van der Waals surface area contributed by atoms with Crippen LogP contribution in [0.4, 0.5) is 5.69 Å². The topological polar surface area (TPSA) is 55.4 Å². The monoisotopic (exact) mass is 309 g/mol. The first kappa shape index (κ1) is 16.5. The second-order valence-corrected chi connectivity index (χ2v) is 4.91. The van der Waals surface area contributed by atoms with Crippen LogP contribution < -0.4 is 5.32 Å². The Morgan fingerprint density at radius 3 is 2.52 bits per heavy atom. The lowest BCUT2D eigenvalue weighted by atomic mass is 10.0. The number of amides is 1. The van der Waals surface area contributed by atoms with Gasteiger partial charge in [-0.2, -0.15) is 0 Å². The molecule has 1 N–H and O–H groups in total. The molecule has 2 rings (SSSR count). The smallest absolute Gasteiger partial charge is 0.338 e. The summed E-state index contributed by atoms with van der Waals surface area (Å²) in [6.45, 7) is 5.80. The number of hydrogen-bond donors (Lipinski definition) is 1. The fourth-order valence-corrected chi connectivity index (χ4v) is 2.17. The minimum Gasteiger partial charge on any atom is -0.462 e. The van der Waals surface area contributed by atoms with Crippen LogP contribution in [-0.2, 0) is 11.2 Å². The van der Waals surface area contributed by atoms with Gasteiger partial charge in [0.2, 0.25) is 0 Å². The van der Waals surface area contributed by atoms with Crippen LogP contribution in [0, 0.1) is 0 Å². The average molecular weight is 309 g/mol. The van der Waals surface area contributed by atoms with Crippen LogP contribution in [-0.4, -0.2) is 18.5 Å². The van der Waals surface area contributed by atoms with Gasteiger partial charge >= 0.3 is 5.97 Å². The van der Waals surface area contributed by atoms with E-state index in [-0.39, 0.29) is 11.9 Å². The van der Waals surface area contributed by atoms with Gasteiger partial charge in [0.25, 0.3) is 5.91 Å². The summed E-state index contributed by atoms with van der Waals surface area (Å²) >= 11 is 0. The summed E-state index contributed by atoms with van der Waals surface area (Å²) in [7, 11) is 0. The van der Waals surface area contributed by atoms with E-state index < -0.39 is 0 Å². The number of hydrogen-bond acceptors (Lipinski definition) is 3. The summed E-state index contributed by atoms with van der Waals surface area (Å²) in [5.41, 5.74) is 2.51. The highest BCUT2D eigenvalue weighted by Gasteiger charge is 2.12. The first-order valence-electron chi connectivity index (χ1n) is 7.43. The minimum atomic E-state index is -0.376. The van der Waals surface area contributed by atoms with Crippen molar-refractivity contribution in [2.24, 2.45) is 0 Å².